The Kier molecular flexibility index (Phi) is 6.31. The number of amides is 1. The van der Waals surface area contributed by atoms with Crippen LogP contribution in [0.1, 0.15) is 20.8 Å². The van der Waals surface area contributed by atoms with Crippen LogP contribution in [0.3, 0.4) is 0 Å². The molecule has 1 aromatic heterocycles. The van der Waals surface area contributed by atoms with Gasteiger partial charge in [-0.15, -0.1) is 0 Å². The summed E-state index contributed by atoms with van der Waals surface area (Å²) in [5.41, 5.74) is 0.448. The summed E-state index contributed by atoms with van der Waals surface area (Å²) in [5, 5.41) is 11.8. The summed E-state index contributed by atoms with van der Waals surface area (Å²) in [6.07, 6.45) is 1.21. The number of hydrogen-bond acceptors (Lipinski definition) is 7. The number of nitrogens with one attached hydrogen (secondary N) is 1. The molecule has 0 bridgehead atoms. The van der Waals surface area contributed by atoms with Gasteiger partial charge < -0.3 is 19.9 Å². The molecule has 12 heteroatoms. The zero-order valence-electron chi connectivity index (χ0n) is 17.7. The molecule has 4 rings (SSSR count). The molecule has 2 aromatic carbocycles. The topological polar surface area (TPSA) is 135 Å². The Bertz CT molecular complexity index is 1380. The quantitative estimate of drug-likeness (QED) is 0.523. The minimum absolute atomic E-state index is 0.0106. The van der Waals surface area contributed by atoms with Crippen LogP contribution in [-0.2, 0) is 10.0 Å². The van der Waals surface area contributed by atoms with E-state index in [1.165, 1.54) is 61.8 Å². The standard InChI is InChI=1S/C22H18ClN3O7S/c1-32-19-7-3-14(23)11-20(19)34(30,31)26-8-9-33-18-6-2-13(10-17(18)26)21(27)25-15-4-5-16(22(28)29)24-12-15/h2-7,10-12H,8-9H2,1H3,(H,25,27)(H,28,29). The van der Waals surface area contributed by atoms with E-state index in [2.05, 4.69) is 10.3 Å². The van der Waals surface area contributed by atoms with Crippen LogP contribution in [0.15, 0.2) is 59.6 Å². The van der Waals surface area contributed by atoms with Gasteiger partial charge in [-0.3, -0.25) is 9.10 Å². The second kappa shape index (κ2) is 9.20. The molecule has 3 aromatic rings. The molecule has 2 N–H and O–H groups in total. The third kappa shape index (κ3) is 4.47. The number of nitrogens with zero attached hydrogens (tertiary/aromatic N) is 2. The van der Waals surface area contributed by atoms with Crippen LogP contribution in [0.25, 0.3) is 0 Å². The summed E-state index contributed by atoms with van der Waals surface area (Å²) in [5.74, 6) is -1.32. The number of carbonyl (C=O) groups is 2. The number of ether oxygens (including phenoxy) is 2. The van der Waals surface area contributed by atoms with E-state index < -0.39 is 21.9 Å². The number of anilines is 2. The van der Waals surface area contributed by atoms with E-state index in [0.29, 0.717) is 5.75 Å². The second-order valence-corrected chi connectivity index (χ2v) is 9.36. The van der Waals surface area contributed by atoms with Crippen molar-refractivity contribution < 1.29 is 32.6 Å². The Hall–Kier alpha value is -3.83. The summed E-state index contributed by atoms with van der Waals surface area (Å²) in [6.45, 7) is 0.124. The fourth-order valence-electron chi connectivity index (χ4n) is 3.35. The number of carboxylic acid groups (broad SMARTS) is 1. The highest BCUT2D eigenvalue weighted by Crippen LogP contribution is 2.38. The van der Waals surface area contributed by atoms with Gasteiger partial charge in [0.25, 0.3) is 15.9 Å². The molecule has 0 radical (unpaired) electrons. The molecular formula is C22H18ClN3O7S. The van der Waals surface area contributed by atoms with Crippen molar-refractivity contribution in [2.45, 2.75) is 4.90 Å². The lowest BCUT2D eigenvalue weighted by molar-refractivity contribution is 0.0690. The monoisotopic (exact) mass is 503 g/mol. The van der Waals surface area contributed by atoms with Gasteiger partial charge in [0.1, 0.15) is 28.7 Å². The van der Waals surface area contributed by atoms with Crippen molar-refractivity contribution >= 4 is 44.9 Å². The number of benzene rings is 2. The van der Waals surface area contributed by atoms with E-state index in [0.717, 1.165) is 4.31 Å². The third-order valence-corrected chi connectivity index (χ3v) is 7.05. The third-order valence-electron chi connectivity index (χ3n) is 4.98. The van der Waals surface area contributed by atoms with Gasteiger partial charge in [-0.05, 0) is 48.5 Å². The molecule has 0 atom stereocenters. The lowest BCUT2D eigenvalue weighted by atomic mass is 10.1. The Morgan fingerprint density at radius 3 is 2.65 bits per heavy atom. The lowest BCUT2D eigenvalue weighted by Crippen LogP contribution is -2.38. The number of sulfonamides is 1. The highest BCUT2D eigenvalue weighted by molar-refractivity contribution is 7.93. The number of fused-ring (bicyclic) bond motifs is 1. The molecule has 0 saturated carbocycles. The first-order valence-electron chi connectivity index (χ1n) is 9.84. The van der Waals surface area contributed by atoms with Gasteiger partial charge in [0.2, 0.25) is 0 Å². The average molecular weight is 504 g/mol. The van der Waals surface area contributed by atoms with E-state index in [9.17, 15) is 18.0 Å². The first-order valence-corrected chi connectivity index (χ1v) is 11.7. The molecule has 2 heterocycles. The molecular weight excluding hydrogens is 486 g/mol. The number of rotatable bonds is 6. The van der Waals surface area contributed by atoms with Crippen molar-refractivity contribution in [1.82, 2.24) is 4.98 Å². The van der Waals surface area contributed by atoms with Crippen molar-refractivity contribution in [2.75, 3.05) is 29.9 Å². The number of aromatic carboxylic acids is 1. The first-order chi connectivity index (χ1) is 16.2. The number of aromatic nitrogens is 1. The zero-order valence-corrected chi connectivity index (χ0v) is 19.3. The highest BCUT2D eigenvalue weighted by atomic mass is 35.5. The van der Waals surface area contributed by atoms with Crippen LogP contribution in [-0.4, -0.2) is 50.6 Å². The summed E-state index contributed by atoms with van der Waals surface area (Å²) in [7, 11) is -2.75. The van der Waals surface area contributed by atoms with Gasteiger partial charge in [-0.2, -0.15) is 0 Å². The Balaban J connectivity index is 1.67. The van der Waals surface area contributed by atoms with Crippen LogP contribution in [0.2, 0.25) is 5.02 Å². The summed E-state index contributed by atoms with van der Waals surface area (Å²) in [4.78, 5) is 27.4. The maximum Gasteiger partial charge on any atom is 0.354 e. The van der Waals surface area contributed by atoms with Crippen LogP contribution in [0, 0.1) is 0 Å². The van der Waals surface area contributed by atoms with Gasteiger partial charge >= 0.3 is 5.97 Å². The molecule has 176 valence electrons. The first kappa shape index (κ1) is 23.3. The largest absolute Gasteiger partial charge is 0.495 e. The van der Waals surface area contributed by atoms with E-state index in [1.54, 1.807) is 0 Å². The van der Waals surface area contributed by atoms with Gasteiger partial charge in [-0.1, -0.05) is 11.6 Å². The molecule has 10 nitrogen and oxygen atoms in total. The molecule has 34 heavy (non-hydrogen) atoms. The molecule has 0 unspecified atom stereocenters. The van der Waals surface area contributed by atoms with Gasteiger partial charge in [-0.25, -0.2) is 18.2 Å². The summed E-state index contributed by atoms with van der Waals surface area (Å²) >= 11 is 6.04. The van der Waals surface area contributed by atoms with E-state index in [1.807, 2.05) is 0 Å². The number of hydrogen-bond donors (Lipinski definition) is 2. The molecule has 1 aliphatic heterocycles. The van der Waals surface area contributed by atoms with Crippen LogP contribution in [0.4, 0.5) is 11.4 Å². The van der Waals surface area contributed by atoms with E-state index in [4.69, 9.17) is 26.2 Å². The molecule has 1 aliphatic rings. The fourth-order valence-corrected chi connectivity index (χ4v) is 5.22. The smallest absolute Gasteiger partial charge is 0.354 e. The van der Waals surface area contributed by atoms with Crippen molar-refractivity contribution in [3.05, 3.63) is 71.0 Å². The predicted octanol–water partition coefficient (Wildman–Crippen LogP) is 3.28. The summed E-state index contributed by atoms with van der Waals surface area (Å²) in [6, 6.07) is 11.3. The lowest BCUT2D eigenvalue weighted by Gasteiger charge is -2.31. The number of carbonyl (C=O) groups excluding carboxylic acids is 1. The van der Waals surface area contributed by atoms with E-state index >= 15 is 0 Å². The normalized spacial score (nSPS) is 12.9. The Morgan fingerprint density at radius 1 is 1.18 bits per heavy atom. The molecule has 1 amide bonds. The minimum atomic E-state index is -4.11. The van der Waals surface area contributed by atoms with Gasteiger partial charge in [0.15, 0.2) is 0 Å². The van der Waals surface area contributed by atoms with Crippen molar-refractivity contribution in [2.24, 2.45) is 0 Å². The van der Waals surface area contributed by atoms with E-state index in [-0.39, 0.29) is 51.5 Å². The van der Waals surface area contributed by atoms with Crippen molar-refractivity contribution in [3.8, 4) is 11.5 Å². The highest BCUT2D eigenvalue weighted by Gasteiger charge is 2.33. The SMILES string of the molecule is COc1ccc(Cl)cc1S(=O)(=O)N1CCOc2ccc(C(=O)Nc3ccc(C(=O)O)nc3)cc21. The maximum atomic E-state index is 13.5. The molecule has 0 saturated heterocycles. The van der Waals surface area contributed by atoms with Gasteiger partial charge in [0.05, 0.1) is 31.2 Å². The minimum Gasteiger partial charge on any atom is -0.495 e. The fraction of sp³-hybridized carbons (Fsp3) is 0.136. The number of methoxy groups -OCH3 is 1. The van der Waals surface area contributed by atoms with Crippen LogP contribution >= 0.6 is 11.6 Å². The predicted molar refractivity (Wildman–Crippen MR) is 124 cm³/mol. The van der Waals surface area contributed by atoms with Gasteiger partial charge in [0, 0.05) is 10.6 Å². The molecule has 0 aliphatic carbocycles. The number of carboxylic acids is 1. The second-order valence-electron chi connectivity index (χ2n) is 7.09. The Morgan fingerprint density at radius 2 is 1.97 bits per heavy atom. The zero-order chi connectivity index (χ0) is 24.5. The Labute approximate surface area is 199 Å². The summed E-state index contributed by atoms with van der Waals surface area (Å²) < 4.78 is 39.0. The van der Waals surface area contributed by atoms with Crippen molar-refractivity contribution in [3.63, 3.8) is 0 Å². The van der Waals surface area contributed by atoms with Crippen molar-refractivity contribution in [1.29, 1.82) is 0 Å². The molecule has 0 fully saturated rings. The van der Waals surface area contributed by atoms with Crippen LogP contribution in [0.5, 0.6) is 11.5 Å². The maximum absolute atomic E-state index is 13.5. The molecule has 0 spiro atoms. The number of pyridine rings is 1. The average Bonchev–Trinajstić information content (AvgIpc) is 2.83. The van der Waals surface area contributed by atoms with Crippen LogP contribution < -0.4 is 19.1 Å². The number of halogens is 1.